The van der Waals surface area contributed by atoms with Crippen molar-refractivity contribution in [1.82, 2.24) is 19.9 Å². The minimum absolute atomic E-state index is 0.0137. The lowest BCUT2D eigenvalue weighted by atomic mass is 9.92. The number of ketones is 2. The van der Waals surface area contributed by atoms with Crippen molar-refractivity contribution in [3.8, 4) is 16.9 Å². The Morgan fingerprint density at radius 3 is 2.41 bits per heavy atom. The van der Waals surface area contributed by atoms with E-state index < -0.39 is 11.6 Å². The van der Waals surface area contributed by atoms with Crippen LogP contribution >= 0.6 is 0 Å². The zero-order valence-corrected chi connectivity index (χ0v) is 22.6. The molecule has 39 heavy (non-hydrogen) atoms. The average Bonchev–Trinajstić information content (AvgIpc) is 3.43. The van der Waals surface area contributed by atoms with Crippen LogP contribution in [0.15, 0.2) is 67.4 Å². The number of H-pyrrole nitrogens is 1. The molecule has 2 aromatic carbocycles. The Balaban J connectivity index is 1.50. The maximum Gasteiger partial charge on any atom is 0.253 e. The largest absolute Gasteiger partial charge is 0.496 e. The van der Waals surface area contributed by atoms with E-state index in [0.717, 1.165) is 24.0 Å². The first-order valence-electron chi connectivity index (χ1n) is 13.3. The number of amides is 1. The molecule has 202 valence electrons. The van der Waals surface area contributed by atoms with Gasteiger partial charge in [0.15, 0.2) is 0 Å². The number of nitrogens with zero attached hydrogens (tertiary/aromatic N) is 3. The standard InChI is InChI=1S/C31H34N4O4/c1-4-14-35(31(38)22-9-7-6-8-10-22)15-13-21(5-2)16-26(36)30(37)25-19-34-29-24(23-17-32-20-33-18-23)11-12-27(39-3)28(25)29/h6-12,17-21,34H,4-5,13-16H2,1-3H3. The van der Waals surface area contributed by atoms with E-state index in [4.69, 9.17) is 4.74 Å². The highest BCUT2D eigenvalue weighted by molar-refractivity contribution is 6.46. The monoisotopic (exact) mass is 526 g/mol. The van der Waals surface area contributed by atoms with E-state index in [9.17, 15) is 14.4 Å². The van der Waals surface area contributed by atoms with E-state index >= 15 is 0 Å². The number of benzene rings is 2. The number of hydrogen-bond donors (Lipinski definition) is 1. The van der Waals surface area contributed by atoms with E-state index in [0.29, 0.717) is 41.7 Å². The van der Waals surface area contributed by atoms with Gasteiger partial charge in [0.25, 0.3) is 5.91 Å². The van der Waals surface area contributed by atoms with Crippen molar-refractivity contribution in [2.24, 2.45) is 5.92 Å². The quantitative estimate of drug-likeness (QED) is 0.176. The third kappa shape index (κ3) is 6.22. The number of rotatable bonds is 13. The fourth-order valence-electron chi connectivity index (χ4n) is 4.89. The second-order valence-electron chi connectivity index (χ2n) is 9.57. The number of aromatic nitrogens is 3. The fraction of sp³-hybridized carbons (Fsp3) is 0.323. The molecule has 8 nitrogen and oxygen atoms in total. The molecule has 0 fully saturated rings. The summed E-state index contributed by atoms with van der Waals surface area (Å²) in [6.45, 7) is 5.22. The Labute approximate surface area is 228 Å². The summed E-state index contributed by atoms with van der Waals surface area (Å²) in [5, 5.41) is 0.563. The van der Waals surface area contributed by atoms with Gasteiger partial charge in [0, 0.05) is 54.8 Å². The molecule has 2 heterocycles. The molecule has 4 rings (SSSR count). The molecular formula is C31H34N4O4. The van der Waals surface area contributed by atoms with Gasteiger partial charge >= 0.3 is 0 Å². The number of carbonyl (C=O) groups excluding carboxylic acids is 3. The lowest BCUT2D eigenvalue weighted by molar-refractivity contribution is -0.116. The molecule has 1 unspecified atom stereocenters. The van der Waals surface area contributed by atoms with Crippen molar-refractivity contribution in [2.75, 3.05) is 20.2 Å². The lowest BCUT2D eigenvalue weighted by Gasteiger charge is -2.24. The second kappa shape index (κ2) is 13.0. The number of aromatic amines is 1. The highest BCUT2D eigenvalue weighted by Crippen LogP contribution is 2.36. The Bertz CT molecular complexity index is 1430. The molecule has 0 bridgehead atoms. The first-order chi connectivity index (χ1) is 19.0. The summed E-state index contributed by atoms with van der Waals surface area (Å²) in [4.78, 5) is 52.8. The number of ether oxygens (including phenoxy) is 1. The van der Waals surface area contributed by atoms with E-state index in [1.807, 2.05) is 55.1 Å². The normalized spacial score (nSPS) is 11.8. The van der Waals surface area contributed by atoms with Crippen molar-refractivity contribution in [2.45, 2.75) is 39.5 Å². The molecule has 0 saturated heterocycles. The number of Topliss-reactive ketones (excluding diaryl/α,β-unsaturated/α-hetero) is 2. The SMILES string of the molecule is CCCN(CCC(CC)CC(=O)C(=O)c1c[nH]c2c(-c3cncnc3)ccc(OC)c12)C(=O)c1ccccc1. The summed E-state index contributed by atoms with van der Waals surface area (Å²) < 4.78 is 5.54. The van der Waals surface area contributed by atoms with Gasteiger partial charge in [-0.3, -0.25) is 14.4 Å². The highest BCUT2D eigenvalue weighted by atomic mass is 16.5. The highest BCUT2D eigenvalue weighted by Gasteiger charge is 2.26. The minimum atomic E-state index is -0.551. The van der Waals surface area contributed by atoms with Gasteiger partial charge in [-0.25, -0.2) is 9.97 Å². The molecule has 0 aliphatic heterocycles. The molecule has 1 atom stereocenters. The van der Waals surface area contributed by atoms with Crippen LogP contribution in [0, 0.1) is 5.92 Å². The summed E-state index contributed by atoms with van der Waals surface area (Å²) in [7, 11) is 1.54. The first-order valence-corrected chi connectivity index (χ1v) is 13.3. The van der Waals surface area contributed by atoms with Crippen LogP contribution in [-0.4, -0.2) is 57.5 Å². The number of nitrogens with one attached hydrogen (secondary N) is 1. The van der Waals surface area contributed by atoms with Gasteiger partial charge in [-0.05, 0) is 43.0 Å². The molecule has 0 aliphatic rings. The van der Waals surface area contributed by atoms with Crippen LogP contribution in [0.3, 0.4) is 0 Å². The van der Waals surface area contributed by atoms with Gasteiger partial charge < -0.3 is 14.6 Å². The van der Waals surface area contributed by atoms with Crippen LogP contribution in [0.2, 0.25) is 0 Å². The molecule has 1 amide bonds. The Hall–Kier alpha value is -4.33. The van der Waals surface area contributed by atoms with Crippen LogP contribution in [0.1, 0.15) is 60.2 Å². The van der Waals surface area contributed by atoms with Crippen LogP contribution in [-0.2, 0) is 4.79 Å². The van der Waals surface area contributed by atoms with Crippen molar-refractivity contribution < 1.29 is 19.1 Å². The number of hydrogen-bond acceptors (Lipinski definition) is 6. The molecule has 8 heteroatoms. The molecular weight excluding hydrogens is 492 g/mol. The maximum atomic E-state index is 13.4. The maximum absolute atomic E-state index is 13.4. The van der Waals surface area contributed by atoms with E-state index in [2.05, 4.69) is 15.0 Å². The fourth-order valence-corrected chi connectivity index (χ4v) is 4.89. The van der Waals surface area contributed by atoms with Gasteiger partial charge in [0.2, 0.25) is 11.6 Å². The minimum Gasteiger partial charge on any atom is -0.496 e. The van der Waals surface area contributed by atoms with E-state index in [-0.39, 0.29) is 23.8 Å². The topological polar surface area (TPSA) is 105 Å². The molecule has 0 radical (unpaired) electrons. The lowest BCUT2D eigenvalue weighted by Crippen LogP contribution is -2.34. The Morgan fingerprint density at radius 1 is 1.00 bits per heavy atom. The molecule has 2 aromatic heterocycles. The molecule has 0 saturated carbocycles. The molecule has 4 aromatic rings. The summed E-state index contributed by atoms with van der Waals surface area (Å²) in [5.74, 6) is -0.529. The average molecular weight is 527 g/mol. The Kier molecular flexibility index (Phi) is 9.20. The summed E-state index contributed by atoms with van der Waals surface area (Å²) in [6.07, 6.45) is 8.74. The zero-order valence-electron chi connectivity index (χ0n) is 22.6. The second-order valence-corrected chi connectivity index (χ2v) is 9.57. The molecule has 0 aliphatic carbocycles. The van der Waals surface area contributed by atoms with Crippen LogP contribution in [0.4, 0.5) is 0 Å². The van der Waals surface area contributed by atoms with Gasteiger partial charge in [0.05, 0.1) is 23.6 Å². The van der Waals surface area contributed by atoms with Gasteiger partial charge in [-0.2, -0.15) is 0 Å². The third-order valence-electron chi connectivity index (χ3n) is 7.05. The van der Waals surface area contributed by atoms with Crippen molar-refractivity contribution in [1.29, 1.82) is 0 Å². The number of methoxy groups -OCH3 is 1. The zero-order chi connectivity index (χ0) is 27.8. The van der Waals surface area contributed by atoms with Gasteiger partial charge in [0.1, 0.15) is 12.1 Å². The number of carbonyl (C=O) groups is 3. The predicted molar refractivity (Wildman–Crippen MR) is 151 cm³/mol. The van der Waals surface area contributed by atoms with Crippen LogP contribution in [0.5, 0.6) is 5.75 Å². The first kappa shape index (κ1) is 27.7. The predicted octanol–water partition coefficient (Wildman–Crippen LogP) is 5.74. The third-order valence-corrected chi connectivity index (χ3v) is 7.05. The van der Waals surface area contributed by atoms with Crippen LogP contribution < -0.4 is 4.74 Å². The van der Waals surface area contributed by atoms with Crippen molar-refractivity contribution in [3.05, 3.63) is 78.5 Å². The smallest absolute Gasteiger partial charge is 0.253 e. The van der Waals surface area contributed by atoms with Gasteiger partial charge in [-0.1, -0.05) is 38.5 Å². The molecule has 0 spiro atoms. The van der Waals surface area contributed by atoms with Crippen molar-refractivity contribution >= 4 is 28.4 Å². The van der Waals surface area contributed by atoms with E-state index in [1.54, 1.807) is 24.7 Å². The van der Waals surface area contributed by atoms with Crippen LogP contribution in [0.25, 0.3) is 22.0 Å². The summed E-state index contributed by atoms with van der Waals surface area (Å²) in [6, 6.07) is 12.9. The molecule has 1 N–H and O–H groups in total. The van der Waals surface area contributed by atoms with E-state index in [1.165, 1.54) is 13.4 Å². The van der Waals surface area contributed by atoms with Gasteiger partial charge in [-0.15, -0.1) is 0 Å². The van der Waals surface area contributed by atoms with Crippen molar-refractivity contribution in [3.63, 3.8) is 0 Å². The Morgan fingerprint density at radius 2 is 1.74 bits per heavy atom. The summed E-state index contributed by atoms with van der Waals surface area (Å²) in [5.41, 5.74) is 3.21. The number of fused-ring (bicyclic) bond motifs is 1. The summed E-state index contributed by atoms with van der Waals surface area (Å²) >= 11 is 0.